The maximum absolute atomic E-state index is 12.0. The van der Waals surface area contributed by atoms with Gasteiger partial charge in [-0.2, -0.15) is 11.8 Å². The van der Waals surface area contributed by atoms with Gasteiger partial charge < -0.3 is 10.1 Å². The van der Waals surface area contributed by atoms with E-state index in [1.807, 2.05) is 36.0 Å². The highest BCUT2D eigenvalue weighted by Crippen LogP contribution is 2.17. The second-order valence-corrected chi connectivity index (χ2v) is 7.56. The zero-order valence-corrected chi connectivity index (χ0v) is 16.3. The summed E-state index contributed by atoms with van der Waals surface area (Å²) in [6.45, 7) is 4.49. The molecule has 0 aromatic heterocycles. The number of nitrogens with one attached hydrogen (secondary N) is 1. The van der Waals surface area contributed by atoms with Gasteiger partial charge in [0, 0.05) is 22.5 Å². The van der Waals surface area contributed by atoms with Gasteiger partial charge in [-0.05, 0) is 43.7 Å². The lowest BCUT2D eigenvalue weighted by atomic mass is 10.2. The highest BCUT2D eigenvalue weighted by Gasteiger charge is 2.13. The van der Waals surface area contributed by atoms with Gasteiger partial charge in [0.15, 0.2) is 6.10 Å². The normalized spacial score (nSPS) is 11.8. The fraction of sp³-hybridized carbons (Fsp3) is 0.316. The Kier molecular flexibility index (Phi) is 7.66. The molecule has 1 N–H and O–H groups in total. The van der Waals surface area contributed by atoms with E-state index in [0.717, 1.165) is 16.0 Å². The smallest absolute Gasteiger partial charge is 0.260 e. The summed E-state index contributed by atoms with van der Waals surface area (Å²) in [6.07, 6.45) is -0.506. The quantitative estimate of drug-likeness (QED) is 0.650. The van der Waals surface area contributed by atoms with Crippen LogP contribution in [0.3, 0.4) is 0 Å². The lowest BCUT2D eigenvalue weighted by Gasteiger charge is -2.14. The first-order valence-corrected chi connectivity index (χ1v) is 9.82. The SMILES string of the molecule is Cc1ccc(CSCCNC(=O)C(C)Oc2ccc(Br)cc2)cc1. The molecule has 0 fully saturated rings. The maximum Gasteiger partial charge on any atom is 0.260 e. The van der Waals surface area contributed by atoms with Crippen LogP contribution in [-0.4, -0.2) is 24.3 Å². The van der Waals surface area contributed by atoms with Gasteiger partial charge in [0.25, 0.3) is 5.91 Å². The van der Waals surface area contributed by atoms with Crippen molar-refractivity contribution in [3.05, 3.63) is 64.1 Å². The molecule has 2 aromatic rings. The molecule has 0 saturated heterocycles. The molecule has 0 aliphatic carbocycles. The van der Waals surface area contributed by atoms with Crippen molar-refractivity contribution in [1.29, 1.82) is 0 Å². The Labute approximate surface area is 156 Å². The second-order valence-electron chi connectivity index (χ2n) is 5.54. The molecule has 24 heavy (non-hydrogen) atoms. The molecule has 0 spiro atoms. The molecule has 2 aromatic carbocycles. The van der Waals surface area contributed by atoms with E-state index in [0.29, 0.717) is 12.3 Å². The van der Waals surface area contributed by atoms with Crippen LogP contribution in [0.2, 0.25) is 0 Å². The second kappa shape index (κ2) is 9.74. The summed E-state index contributed by atoms with van der Waals surface area (Å²) in [4.78, 5) is 12.0. The molecule has 0 bridgehead atoms. The molecule has 128 valence electrons. The van der Waals surface area contributed by atoms with Crippen LogP contribution in [0.25, 0.3) is 0 Å². The van der Waals surface area contributed by atoms with Crippen LogP contribution in [0.4, 0.5) is 0 Å². The molecule has 0 heterocycles. The lowest BCUT2D eigenvalue weighted by molar-refractivity contribution is -0.127. The molecule has 1 amide bonds. The zero-order chi connectivity index (χ0) is 17.4. The Hall–Kier alpha value is -1.46. The Morgan fingerprint density at radius 1 is 1.17 bits per heavy atom. The Morgan fingerprint density at radius 3 is 2.50 bits per heavy atom. The summed E-state index contributed by atoms with van der Waals surface area (Å²) in [7, 11) is 0. The Morgan fingerprint density at radius 2 is 1.83 bits per heavy atom. The zero-order valence-electron chi connectivity index (χ0n) is 13.9. The number of halogens is 1. The van der Waals surface area contributed by atoms with Crippen molar-refractivity contribution in [3.63, 3.8) is 0 Å². The number of carbonyl (C=O) groups excluding carboxylic acids is 1. The van der Waals surface area contributed by atoms with Crippen LogP contribution in [0.1, 0.15) is 18.1 Å². The van der Waals surface area contributed by atoms with Crippen molar-refractivity contribution in [1.82, 2.24) is 5.32 Å². The van der Waals surface area contributed by atoms with Crippen LogP contribution >= 0.6 is 27.7 Å². The summed E-state index contributed by atoms with van der Waals surface area (Å²) >= 11 is 5.18. The van der Waals surface area contributed by atoms with Gasteiger partial charge >= 0.3 is 0 Å². The fourth-order valence-electron chi connectivity index (χ4n) is 2.04. The van der Waals surface area contributed by atoms with E-state index >= 15 is 0 Å². The number of ether oxygens (including phenoxy) is 1. The minimum Gasteiger partial charge on any atom is -0.481 e. The predicted octanol–water partition coefficient (Wildman–Crippen LogP) is 4.57. The van der Waals surface area contributed by atoms with Crippen LogP contribution in [-0.2, 0) is 10.5 Å². The third-order valence-corrected chi connectivity index (χ3v) is 4.99. The number of carbonyl (C=O) groups is 1. The van der Waals surface area contributed by atoms with Gasteiger partial charge in [-0.3, -0.25) is 4.79 Å². The van der Waals surface area contributed by atoms with Gasteiger partial charge in [0.2, 0.25) is 0 Å². The van der Waals surface area contributed by atoms with Gasteiger partial charge in [0.05, 0.1) is 0 Å². The molecule has 1 atom stereocenters. The van der Waals surface area contributed by atoms with Crippen LogP contribution in [0, 0.1) is 6.92 Å². The van der Waals surface area contributed by atoms with Gasteiger partial charge in [0.1, 0.15) is 5.75 Å². The molecule has 1 unspecified atom stereocenters. The van der Waals surface area contributed by atoms with E-state index in [2.05, 4.69) is 52.4 Å². The predicted molar refractivity (Wildman–Crippen MR) is 105 cm³/mol. The topological polar surface area (TPSA) is 38.3 Å². The van der Waals surface area contributed by atoms with Crippen molar-refractivity contribution >= 4 is 33.6 Å². The molecular weight excluding hydrogens is 386 g/mol. The molecule has 0 aliphatic heterocycles. The van der Waals surface area contributed by atoms with E-state index in [1.54, 1.807) is 6.92 Å². The number of rotatable bonds is 8. The maximum atomic E-state index is 12.0. The third-order valence-electron chi connectivity index (χ3n) is 3.43. The molecule has 2 rings (SSSR count). The van der Waals surface area contributed by atoms with E-state index in [1.165, 1.54) is 11.1 Å². The molecule has 3 nitrogen and oxygen atoms in total. The summed E-state index contributed by atoms with van der Waals surface area (Å²) < 4.78 is 6.61. The lowest BCUT2D eigenvalue weighted by Crippen LogP contribution is -2.37. The summed E-state index contributed by atoms with van der Waals surface area (Å²) in [5.41, 5.74) is 2.58. The number of thioether (sulfide) groups is 1. The Bertz CT molecular complexity index is 643. The highest BCUT2D eigenvalue weighted by molar-refractivity contribution is 9.10. The van der Waals surface area contributed by atoms with E-state index < -0.39 is 6.10 Å². The van der Waals surface area contributed by atoms with Crippen molar-refractivity contribution in [2.24, 2.45) is 0 Å². The number of hydrogen-bond donors (Lipinski definition) is 1. The first kappa shape index (κ1) is 18.9. The molecule has 0 radical (unpaired) electrons. The third kappa shape index (κ3) is 6.57. The Balaban J connectivity index is 1.63. The molecular formula is C19H22BrNO2S. The minimum atomic E-state index is -0.506. The van der Waals surface area contributed by atoms with Crippen molar-refractivity contribution in [2.45, 2.75) is 25.7 Å². The first-order chi connectivity index (χ1) is 11.5. The van der Waals surface area contributed by atoms with Crippen molar-refractivity contribution < 1.29 is 9.53 Å². The number of benzene rings is 2. The van der Waals surface area contributed by atoms with Gasteiger partial charge in [-0.15, -0.1) is 0 Å². The minimum absolute atomic E-state index is 0.0890. The highest BCUT2D eigenvalue weighted by atomic mass is 79.9. The molecule has 0 aliphatic rings. The molecule has 0 saturated carbocycles. The summed E-state index contributed by atoms with van der Waals surface area (Å²) in [5.74, 6) is 2.44. The average Bonchev–Trinajstić information content (AvgIpc) is 2.58. The molecule has 5 heteroatoms. The summed E-state index contributed by atoms with van der Waals surface area (Å²) in [6, 6.07) is 16.0. The van der Waals surface area contributed by atoms with E-state index in [4.69, 9.17) is 4.74 Å². The first-order valence-electron chi connectivity index (χ1n) is 7.88. The number of amides is 1. The fourth-order valence-corrected chi connectivity index (χ4v) is 3.12. The number of hydrogen-bond acceptors (Lipinski definition) is 3. The van der Waals surface area contributed by atoms with Crippen LogP contribution in [0.15, 0.2) is 53.0 Å². The van der Waals surface area contributed by atoms with Crippen LogP contribution in [0.5, 0.6) is 5.75 Å². The van der Waals surface area contributed by atoms with Gasteiger partial charge in [-0.25, -0.2) is 0 Å². The average molecular weight is 408 g/mol. The van der Waals surface area contributed by atoms with E-state index in [9.17, 15) is 4.79 Å². The van der Waals surface area contributed by atoms with Gasteiger partial charge in [-0.1, -0.05) is 45.8 Å². The van der Waals surface area contributed by atoms with E-state index in [-0.39, 0.29) is 5.91 Å². The van der Waals surface area contributed by atoms with Crippen LogP contribution < -0.4 is 10.1 Å². The monoisotopic (exact) mass is 407 g/mol. The van der Waals surface area contributed by atoms with Crippen molar-refractivity contribution in [2.75, 3.05) is 12.3 Å². The van der Waals surface area contributed by atoms with Crippen molar-refractivity contribution in [3.8, 4) is 5.75 Å². The number of aryl methyl sites for hydroxylation is 1. The standard InChI is InChI=1S/C19H22BrNO2S/c1-14-3-5-16(6-4-14)13-24-12-11-21-19(22)15(2)23-18-9-7-17(20)8-10-18/h3-10,15H,11-13H2,1-2H3,(H,21,22). The largest absolute Gasteiger partial charge is 0.481 e. The summed E-state index contributed by atoms with van der Waals surface area (Å²) in [5, 5.41) is 2.92.